The van der Waals surface area contributed by atoms with E-state index in [4.69, 9.17) is 6.42 Å². The van der Waals surface area contributed by atoms with Crippen molar-refractivity contribution in [3.05, 3.63) is 29.3 Å². The van der Waals surface area contributed by atoms with Gasteiger partial charge in [-0.3, -0.25) is 4.79 Å². The maximum Gasteiger partial charge on any atom is 0.254 e. The van der Waals surface area contributed by atoms with Gasteiger partial charge in [0.25, 0.3) is 5.91 Å². The number of benzene rings is 1. The molecule has 1 aliphatic rings. The highest BCUT2D eigenvalue weighted by Gasteiger charge is 2.16. The summed E-state index contributed by atoms with van der Waals surface area (Å²) in [6.45, 7) is 3.96. The second-order valence-corrected chi connectivity index (χ2v) is 4.43. The molecule has 0 saturated heterocycles. The Morgan fingerprint density at radius 1 is 1.56 bits per heavy atom. The van der Waals surface area contributed by atoms with Crippen molar-refractivity contribution < 1.29 is 4.79 Å². The molecule has 1 N–H and O–H groups in total. The van der Waals surface area contributed by atoms with Crippen LogP contribution in [0, 0.1) is 12.3 Å². The molecule has 0 radical (unpaired) electrons. The van der Waals surface area contributed by atoms with Crippen LogP contribution < -0.4 is 5.32 Å². The van der Waals surface area contributed by atoms with Gasteiger partial charge in [0.15, 0.2) is 0 Å². The number of anilines is 1. The molecule has 1 aromatic rings. The van der Waals surface area contributed by atoms with Gasteiger partial charge in [-0.25, -0.2) is 0 Å². The minimum absolute atomic E-state index is 0.0174. The van der Waals surface area contributed by atoms with Crippen molar-refractivity contribution >= 4 is 11.6 Å². The van der Waals surface area contributed by atoms with E-state index in [2.05, 4.69) is 11.2 Å². The second kappa shape index (κ2) is 5.59. The van der Waals surface area contributed by atoms with Gasteiger partial charge in [-0.2, -0.15) is 0 Å². The van der Waals surface area contributed by atoms with Gasteiger partial charge in [-0.05, 0) is 43.5 Å². The van der Waals surface area contributed by atoms with E-state index >= 15 is 0 Å². The molecular weight excluding hydrogens is 224 g/mol. The highest BCUT2D eigenvalue weighted by molar-refractivity contribution is 5.95. The predicted octanol–water partition coefficient (Wildman–Crippen LogP) is 2.14. The summed E-state index contributed by atoms with van der Waals surface area (Å²) >= 11 is 0. The molecule has 0 fully saturated rings. The third-order valence-electron chi connectivity index (χ3n) is 3.24. The van der Waals surface area contributed by atoms with E-state index in [9.17, 15) is 4.79 Å². The zero-order chi connectivity index (χ0) is 13.0. The largest absolute Gasteiger partial charge is 0.385 e. The summed E-state index contributed by atoms with van der Waals surface area (Å²) in [4.78, 5) is 13.9. The van der Waals surface area contributed by atoms with Gasteiger partial charge in [0.1, 0.15) is 0 Å². The lowest BCUT2D eigenvalue weighted by Crippen LogP contribution is -2.31. The van der Waals surface area contributed by atoms with Gasteiger partial charge in [0.05, 0.1) is 6.54 Å². The molecule has 1 aromatic carbocycles. The molecule has 18 heavy (non-hydrogen) atoms. The summed E-state index contributed by atoms with van der Waals surface area (Å²) in [6.07, 6.45) is 7.43. The molecular formula is C15H18N2O. The van der Waals surface area contributed by atoms with Crippen LogP contribution in [0.15, 0.2) is 18.2 Å². The number of nitrogens with zero attached hydrogens (tertiary/aromatic N) is 1. The number of carbonyl (C=O) groups excluding carboxylic acids is 1. The fourth-order valence-electron chi connectivity index (χ4n) is 2.23. The zero-order valence-corrected chi connectivity index (χ0v) is 10.7. The van der Waals surface area contributed by atoms with Gasteiger partial charge in [-0.1, -0.05) is 5.92 Å². The molecule has 0 atom stereocenters. The summed E-state index contributed by atoms with van der Waals surface area (Å²) in [5.74, 6) is 2.54. The summed E-state index contributed by atoms with van der Waals surface area (Å²) in [5.41, 5.74) is 3.11. The van der Waals surface area contributed by atoms with Crippen LogP contribution in [-0.4, -0.2) is 30.4 Å². The highest BCUT2D eigenvalue weighted by atomic mass is 16.2. The first-order valence-corrected chi connectivity index (χ1v) is 6.35. The Hall–Kier alpha value is -1.95. The van der Waals surface area contributed by atoms with E-state index in [1.165, 1.54) is 5.56 Å². The summed E-state index contributed by atoms with van der Waals surface area (Å²) in [6, 6.07) is 5.85. The van der Waals surface area contributed by atoms with Crippen LogP contribution >= 0.6 is 0 Å². The first-order valence-electron chi connectivity index (χ1n) is 6.35. The summed E-state index contributed by atoms with van der Waals surface area (Å²) in [5, 5.41) is 3.34. The van der Waals surface area contributed by atoms with Crippen LogP contribution in [0.4, 0.5) is 5.69 Å². The maximum atomic E-state index is 12.3. The van der Waals surface area contributed by atoms with Crippen molar-refractivity contribution in [2.45, 2.75) is 19.8 Å². The van der Waals surface area contributed by atoms with Crippen molar-refractivity contribution in [2.75, 3.05) is 25.0 Å². The SMILES string of the molecule is C#CCN(CC)C(=O)c1ccc2c(c1)CCCN2. The summed E-state index contributed by atoms with van der Waals surface area (Å²) in [7, 11) is 0. The highest BCUT2D eigenvalue weighted by Crippen LogP contribution is 2.23. The molecule has 1 heterocycles. The van der Waals surface area contributed by atoms with Crippen LogP contribution in [0.3, 0.4) is 0 Å². The number of nitrogens with one attached hydrogen (secondary N) is 1. The molecule has 0 saturated carbocycles. The van der Waals surface area contributed by atoms with Gasteiger partial charge in [0, 0.05) is 24.3 Å². The van der Waals surface area contributed by atoms with E-state index in [1.54, 1.807) is 4.90 Å². The molecule has 3 heteroatoms. The Morgan fingerprint density at radius 2 is 2.39 bits per heavy atom. The van der Waals surface area contributed by atoms with E-state index in [0.717, 1.165) is 30.6 Å². The Balaban J connectivity index is 2.23. The standard InChI is InChI=1S/C15H18N2O/c1-3-10-17(4-2)15(18)13-7-8-14-12(11-13)6-5-9-16-14/h1,7-8,11,16H,4-6,9-10H2,2H3. The molecule has 1 aliphatic heterocycles. The molecule has 0 aromatic heterocycles. The van der Waals surface area contributed by atoms with Crippen molar-refractivity contribution in [1.82, 2.24) is 4.90 Å². The van der Waals surface area contributed by atoms with Gasteiger partial charge < -0.3 is 10.2 Å². The normalized spacial score (nSPS) is 13.1. The molecule has 3 nitrogen and oxygen atoms in total. The van der Waals surface area contributed by atoms with Crippen LogP contribution in [-0.2, 0) is 6.42 Å². The third kappa shape index (κ3) is 2.48. The predicted molar refractivity (Wildman–Crippen MR) is 73.7 cm³/mol. The van der Waals surface area contributed by atoms with E-state index < -0.39 is 0 Å². The topological polar surface area (TPSA) is 32.3 Å². The molecule has 1 amide bonds. The third-order valence-corrected chi connectivity index (χ3v) is 3.24. The lowest BCUT2D eigenvalue weighted by Gasteiger charge is -2.21. The first kappa shape index (κ1) is 12.5. The Morgan fingerprint density at radius 3 is 3.11 bits per heavy atom. The Bertz CT molecular complexity index is 488. The fourth-order valence-corrected chi connectivity index (χ4v) is 2.23. The minimum atomic E-state index is 0.0174. The average molecular weight is 242 g/mol. The van der Waals surface area contributed by atoms with Crippen molar-refractivity contribution in [1.29, 1.82) is 0 Å². The number of terminal acetylenes is 1. The molecule has 0 bridgehead atoms. The van der Waals surface area contributed by atoms with Crippen molar-refractivity contribution in [3.8, 4) is 12.3 Å². The Labute approximate surface area is 108 Å². The van der Waals surface area contributed by atoms with Crippen molar-refractivity contribution in [2.24, 2.45) is 0 Å². The number of aryl methyl sites for hydroxylation is 1. The molecule has 0 spiro atoms. The maximum absolute atomic E-state index is 12.3. The number of amides is 1. The number of rotatable bonds is 3. The van der Waals surface area contributed by atoms with E-state index in [1.807, 2.05) is 25.1 Å². The van der Waals surface area contributed by atoms with Crippen molar-refractivity contribution in [3.63, 3.8) is 0 Å². The molecule has 94 valence electrons. The second-order valence-electron chi connectivity index (χ2n) is 4.43. The van der Waals surface area contributed by atoms with Crippen LogP contribution in [0.5, 0.6) is 0 Å². The number of hydrogen-bond acceptors (Lipinski definition) is 2. The smallest absolute Gasteiger partial charge is 0.254 e. The Kier molecular flexibility index (Phi) is 3.88. The monoisotopic (exact) mass is 242 g/mol. The number of fused-ring (bicyclic) bond motifs is 1. The summed E-state index contributed by atoms with van der Waals surface area (Å²) < 4.78 is 0. The lowest BCUT2D eigenvalue weighted by molar-refractivity contribution is 0.0785. The van der Waals surface area contributed by atoms with Gasteiger partial charge in [-0.15, -0.1) is 6.42 Å². The van der Waals surface area contributed by atoms with E-state index in [0.29, 0.717) is 13.1 Å². The van der Waals surface area contributed by atoms with Crippen LogP contribution in [0.25, 0.3) is 0 Å². The van der Waals surface area contributed by atoms with Gasteiger partial charge >= 0.3 is 0 Å². The molecule has 0 unspecified atom stereocenters. The van der Waals surface area contributed by atoms with E-state index in [-0.39, 0.29) is 5.91 Å². The molecule has 2 rings (SSSR count). The first-order chi connectivity index (χ1) is 8.76. The molecule has 0 aliphatic carbocycles. The van der Waals surface area contributed by atoms with Gasteiger partial charge in [0.2, 0.25) is 0 Å². The minimum Gasteiger partial charge on any atom is -0.385 e. The number of carbonyl (C=O) groups is 1. The number of hydrogen-bond donors (Lipinski definition) is 1. The average Bonchev–Trinajstić information content (AvgIpc) is 2.43. The van der Waals surface area contributed by atoms with Crippen LogP contribution in [0.2, 0.25) is 0 Å². The quantitative estimate of drug-likeness (QED) is 0.824. The zero-order valence-electron chi connectivity index (χ0n) is 10.7. The fraction of sp³-hybridized carbons (Fsp3) is 0.400. The lowest BCUT2D eigenvalue weighted by atomic mass is 10.0. The van der Waals surface area contributed by atoms with Crippen LogP contribution in [0.1, 0.15) is 29.3 Å².